The van der Waals surface area contributed by atoms with Crippen LogP contribution in [0, 0.1) is 6.92 Å². The van der Waals surface area contributed by atoms with Crippen LogP contribution in [0.3, 0.4) is 0 Å². The van der Waals surface area contributed by atoms with Crippen LogP contribution in [-0.4, -0.2) is 19.1 Å². The van der Waals surface area contributed by atoms with Crippen molar-refractivity contribution in [2.45, 2.75) is 52.6 Å². The monoisotopic (exact) mass is 246 g/mol. The predicted molar refractivity (Wildman–Crippen MR) is 79.2 cm³/mol. The molecular weight excluding hydrogens is 220 g/mol. The zero-order valence-electron chi connectivity index (χ0n) is 12.0. The van der Waals surface area contributed by atoms with E-state index in [0.717, 1.165) is 19.1 Å². The number of hydrogen-bond donors (Lipinski definition) is 1. The van der Waals surface area contributed by atoms with Crippen LogP contribution < -0.4 is 10.2 Å². The van der Waals surface area contributed by atoms with Gasteiger partial charge >= 0.3 is 0 Å². The van der Waals surface area contributed by atoms with E-state index in [4.69, 9.17) is 0 Å². The van der Waals surface area contributed by atoms with Gasteiger partial charge in [-0.05, 0) is 56.0 Å². The van der Waals surface area contributed by atoms with Crippen LogP contribution in [-0.2, 0) is 6.54 Å². The molecule has 1 aliphatic heterocycles. The number of benzene rings is 1. The van der Waals surface area contributed by atoms with Crippen LogP contribution >= 0.6 is 0 Å². The van der Waals surface area contributed by atoms with Gasteiger partial charge in [0.1, 0.15) is 0 Å². The van der Waals surface area contributed by atoms with Gasteiger partial charge in [-0.2, -0.15) is 0 Å². The Hall–Kier alpha value is -1.02. The van der Waals surface area contributed by atoms with Gasteiger partial charge in [0.15, 0.2) is 0 Å². The number of nitrogens with zero attached hydrogens (tertiary/aromatic N) is 1. The van der Waals surface area contributed by atoms with Crippen molar-refractivity contribution in [2.75, 3.05) is 18.0 Å². The minimum atomic E-state index is 0.754. The van der Waals surface area contributed by atoms with Gasteiger partial charge in [0.2, 0.25) is 0 Å². The van der Waals surface area contributed by atoms with Crippen molar-refractivity contribution in [3.8, 4) is 0 Å². The molecule has 1 heterocycles. The first-order chi connectivity index (χ1) is 8.76. The lowest BCUT2D eigenvalue weighted by atomic mass is 10.1. The molecule has 100 valence electrons. The van der Waals surface area contributed by atoms with E-state index in [-0.39, 0.29) is 0 Å². The molecule has 1 N–H and O–H groups in total. The molecule has 0 aromatic heterocycles. The Kier molecular flexibility index (Phi) is 4.65. The number of aryl methyl sites for hydroxylation is 1. The van der Waals surface area contributed by atoms with Gasteiger partial charge in [-0.25, -0.2) is 0 Å². The summed E-state index contributed by atoms with van der Waals surface area (Å²) >= 11 is 0. The lowest BCUT2D eigenvalue weighted by Crippen LogP contribution is -2.28. The molecule has 0 radical (unpaired) electrons. The van der Waals surface area contributed by atoms with Crippen LogP contribution in [0.25, 0.3) is 0 Å². The summed E-state index contributed by atoms with van der Waals surface area (Å²) in [5.74, 6) is 0. The SMILES string of the molecule is CCNCc1ccc(N2CCCC2CC)cc1C. The maximum Gasteiger partial charge on any atom is 0.0371 e. The summed E-state index contributed by atoms with van der Waals surface area (Å²) in [5.41, 5.74) is 4.25. The molecule has 0 spiro atoms. The molecule has 2 nitrogen and oxygen atoms in total. The largest absolute Gasteiger partial charge is 0.369 e. The molecule has 18 heavy (non-hydrogen) atoms. The van der Waals surface area contributed by atoms with Crippen LogP contribution in [0.2, 0.25) is 0 Å². The molecule has 0 aliphatic carbocycles. The molecule has 2 heteroatoms. The molecular formula is C16H26N2. The molecule has 1 unspecified atom stereocenters. The lowest BCUT2D eigenvalue weighted by molar-refractivity contribution is 0.645. The highest BCUT2D eigenvalue weighted by molar-refractivity contribution is 5.52. The second-order valence-electron chi connectivity index (χ2n) is 5.29. The highest BCUT2D eigenvalue weighted by atomic mass is 15.2. The first kappa shape index (κ1) is 13.4. The van der Waals surface area contributed by atoms with Crippen molar-refractivity contribution in [2.24, 2.45) is 0 Å². The molecule has 0 bridgehead atoms. The second-order valence-corrected chi connectivity index (χ2v) is 5.29. The zero-order chi connectivity index (χ0) is 13.0. The van der Waals surface area contributed by atoms with Crippen molar-refractivity contribution < 1.29 is 0 Å². The number of anilines is 1. The Balaban J connectivity index is 2.12. The molecule has 0 amide bonds. The summed E-state index contributed by atoms with van der Waals surface area (Å²) in [7, 11) is 0. The van der Waals surface area contributed by atoms with E-state index in [9.17, 15) is 0 Å². The van der Waals surface area contributed by atoms with Gasteiger partial charge in [-0.1, -0.05) is 19.9 Å². The number of nitrogens with one attached hydrogen (secondary N) is 1. The Labute approximate surface area is 111 Å². The van der Waals surface area contributed by atoms with E-state index >= 15 is 0 Å². The smallest absolute Gasteiger partial charge is 0.0371 e. The van der Waals surface area contributed by atoms with Crippen LogP contribution in [0.15, 0.2) is 18.2 Å². The average Bonchev–Trinajstić information content (AvgIpc) is 2.85. The third-order valence-electron chi connectivity index (χ3n) is 4.07. The van der Waals surface area contributed by atoms with E-state index in [0.29, 0.717) is 0 Å². The van der Waals surface area contributed by atoms with Gasteiger partial charge < -0.3 is 10.2 Å². The fourth-order valence-electron chi connectivity index (χ4n) is 2.92. The molecule has 1 atom stereocenters. The third kappa shape index (κ3) is 2.86. The highest BCUT2D eigenvalue weighted by Gasteiger charge is 2.23. The fraction of sp³-hybridized carbons (Fsp3) is 0.625. The number of hydrogen-bond acceptors (Lipinski definition) is 2. The Morgan fingerprint density at radius 2 is 2.17 bits per heavy atom. The normalized spacial score (nSPS) is 19.5. The summed E-state index contributed by atoms with van der Waals surface area (Å²) in [6.45, 7) is 9.93. The van der Waals surface area contributed by atoms with Gasteiger partial charge in [0, 0.05) is 24.8 Å². The van der Waals surface area contributed by atoms with Gasteiger partial charge in [0.05, 0.1) is 0 Å². The summed E-state index contributed by atoms with van der Waals surface area (Å²) in [5, 5.41) is 3.40. The van der Waals surface area contributed by atoms with Crippen LogP contribution in [0.4, 0.5) is 5.69 Å². The summed E-state index contributed by atoms with van der Waals surface area (Å²) in [6.07, 6.45) is 3.96. The Morgan fingerprint density at radius 3 is 2.83 bits per heavy atom. The quantitative estimate of drug-likeness (QED) is 0.855. The first-order valence-electron chi connectivity index (χ1n) is 7.33. The lowest BCUT2D eigenvalue weighted by Gasteiger charge is -2.26. The van der Waals surface area contributed by atoms with Crippen LogP contribution in [0.5, 0.6) is 0 Å². The summed E-state index contributed by atoms with van der Waals surface area (Å²) in [6, 6.07) is 7.70. The van der Waals surface area contributed by atoms with E-state index in [1.165, 1.54) is 42.6 Å². The Morgan fingerprint density at radius 1 is 1.33 bits per heavy atom. The topological polar surface area (TPSA) is 15.3 Å². The van der Waals surface area contributed by atoms with Crippen molar-refractivity contribution in [3.05, 3.63) is 29.3 Å². The zero-order valence-corrected chi connectivity index (χ0v) is 12.0. The van der Waals surface area contributed by atoms with Gasteiger partial charge in [-0.15, -0.1) is 0 Å². The summed E-state index contributed by atoms with van der Waals surface area (Å²) in [4.78, 5) is 2.59. The Bertz CT molecular complexity index is 387. The average molecular weight is 246 g/mol. The highest BCUT2D eigenvalue weighted by Crippen LogP contribution is 2.28. The fourth-order valence-corrected chi connectivity index (χ4v) is 2.92. The maximum absolute atomic E-state index is 3.40. The van der Waals surface area contributed by atoms with Crippen molar-refractivity contribution in [1.29, 1.82) is 0 Å². The molecule has 1 fully saturated rings. The molecule has 1 saturated heterocycles. The maximum atomic E-state index is 3.40. The van der Waals surface area contributed by atoms with Gasteiger partial charge in [0.25, 0.3) is 0 Å². The minimum Gasteiger partial charge on any atom is -0.369 e. The van der Waals surface area contributed by atoms with E-state index in [2.05, 4.69) is 49.2 Å². The molecule has 1 aliphatic rings. The first-order valence-corrected chi connectivity index (χ1v) is 7.33. The molecule has 0 saturated carbocycles. The van der Waals surface area contributed by atoms with E-state index < -0.39 is 0 Å². The molecule has 1 aromatic rings. The van der Waals surface area contributed by atoms with Crippen molar-refractivity contribution in [1.82, 2.24) is 5.32 Å². The minimum absolute atomic E-state index is 0.754. The summed E-state index contributed by atoms with van der Waals surface area (Å²) < 4.78 is 0. The van der Waals surface area contributed by atoms with E-state index in [1.807, 2.05) is 0 Å². The van der Waals surface area contributed by atoms with Gasteiger partial charge in [-0.3, -0.25) is 0 Å². The number of rotatable bonds is 5. The predicted octanol–water partition coefficient (Wildman–Crippen LogP) is 3.48. The standard InChI is InChI=1S/C16H26N2/c1-4-15-7-6-10-18(15)16-9-8-14(12-17-5-2)13(3)11-16/h8-9,11,15,17H,4-7,10,12H2,1-3H3. The second kappa shape index (κ2) is 6.24. The van der Waals surface area contributed by atoms with Crippen molar-refractivity contribution >= 4 is 5.69 Å². The molecule has 2 rings (SSSR count). The third-order valence-corrected chi connectivity index (χ3v) is 4.07. The van der Waals surface area contributed by atoms with E-state index in [1.54, 1.807) is 0 Å². The molecule has 1 aromatic carbocycles. The van der Waals surface area contributed by atoms with Crippen molar-refractivity contribution in [3.63, 3.8) is 0 Å². The van der Waals surface area contributed by atoms with Crippen LogP contribution in [0.1, 0.15) is 44.2 Å².